The fourth-order valence-electron chi connectivity index (χ4n) is 1.29. The van der Waals surface area contributed by atoms with Gasteiger partial charge in [0.05, 0.1) is 6.61 Å². The van der Waals surface area contributed by atoms with Gasteiger partial charge in [0.1, 0.15) is 0 Å². The first-order valence-electron chi connectivity index (χ1n) is 4.70. The van der Waals surface area contributed by atoms with E-state index >= 15 is 0 Å². The van der Waals surface area contributed by atoms with Crippen LogP contribution in [0.4, 0.5) is 0 Å². The molecule has 0 heterocycles. The molecule has 0 saturated carbocycles. The number of hydrogen-bond acceptors (Lipinski definition) is 3. The lowest BCUT2D eigenvalue weighted by Crippen LogP contribution is -2.36. The molecular formula is C11H16N2O2. The Bertz CT molecular complexity index is 337. The number of benzene rings is 1. The second kappa shape index (κ2) is 5.48. The molecule has 4 nitrogen and oxygen atoms in total. The molecular weight excluding hydrogens is 192 g/mol. The topological polar surface area (TPSA) is 41.6 Å². The Morgan fingerprint density at radius 1 is 1.40 bits per heavy atom. The molecule has 15 heavy (non-hydrogen) atoms. The molecule has 0 aliphatic carbocycles. The van der Waals surface area contributed by atoms with E-state index in [9.17, 15) is 4.79 Å². The van der Waals surface area contributed by atoms with E-state index in [4.69, 9.17) is 4.74 Å². The quantitative estimate of drug-likeness (QED) is 0.752. The van der Waals surface area contributed by atoms with Crippen LogP contribution in [0.25, 0.3) is 0 Å². The zero-order valence-electron chi connectivity index (χ0n) is 9.28. The average Bonchev–Trinajstić information content (AvgIpc) is 2.18. The van der Waals surface area contributed by atoms with Crippen LogP contribution in [0.5, 0.6) is 0 Å². The number of carbonyl (C=O) groups excluding carboxylic acids is 1. The number of hydrogen-bond donors (Lipinski definition) is 1. The largest absolute Gasteiger partial charge is 0.380 e. The maximum Gasteiger partial charge on any atom is 0.265 e. The summed E-state index contributed by atoms with van der Waals surface area (Å²) < 4.78 is 5.03. The lowest BCUT2D eigenvalue weighted by atomic mass is 10.1. The molecule has 0 fully saturated rings. The maximum atomic E-state index is 11.7. The normalized spacial score (nSPS) is 10.4. The number of amides is 1. The smallest absolute Gasteiger partial charge is 0.265 e. The van der Waals surface area contributed by atoms with E-state index in [0.29, 0.717) is 12.2 Å². The number of nitrogens with one attached hydrogen (secondary N) is 1. The average molecular weight is 208 g/mol. The zero-order chi connectivity index (χ0) is 11.3. The summed E-state index contributed by atoms with van der Waals surface area (Å²) in [6.07, 6.45) is 0. The maximum absolute atomic E-state index is 11.7. The van der Waals surface area contributed by atoms with Gasteiger partial charge in [-0.15, -0.1) is 0 Å². The zero-order valence-corrected chi connectivity index (χ0v) is 9.28. The van der Waals surface area contributed by atoms with Gasteiger partial charge < -0.3 is 4.74 Å². The van der Waals surface area contributed by atoms with E-state index in [2.05, 4.69) is 5.43 Å². The molecule has 0 saturated heterocycles. The second-order valence-electron chi connectivity index (χ2n) is 3.43. The van der Waals surface area contributed by atoms with E-state index in [1.54, 1.807) is 32.3 Å². The van der Waals surface area contributed by atoms with Gasteiger partial charge in [0, 0.05) is 26.8 Å². The lowest BCUT2D eigenvalue weighted by molar-refractivity contribution is 0.0852. The first-order valence-corrected chi connectivity index (χ1v) is 4.70. The Balaban J connectivity index is 2.87. The predicted octanol–water partition coefficient (Wildman–Crippen LogP) is 1.04. The number of rotatable bonds is 4. The Labute approximate surface area is 89.8 Å². The van der Waals surface area contributed by atoms with Gasteiger partial charge in [-0.05, 0) is 11.6 Å². The van der Waals surface area contributed by atoms with Gasteiger partial charge in [-0.2, -0.15) is 0 Å². The van der Waals surface area contributed by atoms with Crippen LogP contribution in [0.2, 0.25) is 0 Å². The third-order valence-electron chi connectivity index (χ3n) is 1.89. The first kappa shape index (κ1) is 11.7. The van der Waals surface area contributed by atoms with Crippen molar-refractivity contribution in [3.05, 3.63) is 35.4 Å². The van der Waals surface area contributed by atoms with Gasteiger partial charge in [0.15, 0.2) is 0 Å². The Kier molecular flexibility index (Phi) is 4.27. The monoisotopic (exact) mass is 208 g/mol. The van der Waals surface area contributed by atoms with Gasteiger partial charge >= 0.3 is 0 Å². The third-order valence-corrected chi connectivity index (χ3v) is 1.89. The van der Waals surface area contributed by atoms with Crippen molar-refractivity contribution in [1.29, 1.82) is 0 Å². The van der Waals surface area contributed by atoms with Crippen molar-refractivity contribution >= 4 is 5.91 Å². The molecule has 1 aromatic carbocycles. The van der Waals surface area contributed by atoms with Crippen molar-refractivity contribution in [3.63, 3.8) is 0 Å². The molecule has 82 valence electrons. The van der Waals surface area contributed by atoms with Crippen molar-refractivity contribution in [2.24, 2.45) is 0 Å². The van der Waals surface area contributed by atoms with Crippen LogP contribution in [0, 0.1) is 0 Å². The molecule has 1 aromatic rings. The minimum Gasteiger partial charge on any atom is -0.380 e. The SMILES string of the molecule is COCc1ccccc1C(=O)NN(C)C. The van der Waals surface area contributed by atoms with Gasteiger partial charge in [-0.3, -0.25) is 10.2 Å². The molecule has 1 N–H and O–H groups in total. The second-order valence-corrected chi connectivity index (χ2v) is 3.43. The summed E-state index contributed by atoms with van der Waals surface area (Å²) in [7, 11) is 5.16. The van der Waals surface area contributed by atoms with Crippen LogP contribution in [-0.4, -0.2) is 32.1 Å². The summed E-state index contributed by atoms with van der Waals surface area (Å²) in [6, 6.07) is 7.39. The van der Waals surface area contributed by atoms with Gasteiger partial charge in [-0.25, -0.2) is 5.01 Å². The summed E-state index contributed by atoms with van der Waals surface area (Å²) in [5.74, 6) is -0.118. The molecule has 4 heteroatoms. The van der Waals surface area contributed by atoms with Crippen molar-refractivity contribution in [1.82, 2.24) is 10.4 Å². The number of nitrogens with zero attached hydrogens (tertiary/aromatic N) is 1. The van der Waals surface area contributed by atoms with Crippen LogP contribution in [0.1, 0.15) is 15.9 Å². The molecule has 0 aromatic heterocycles. The highest BCUT2D eigenvalue weighted by atomic mass is 16.5. The van der Waals surface area contributed by atoms with Crippen LogP contribution >= 0.6 is 0 Å². The van der Waals surface area contributed by atoms with Crippen LogP contribution in [0.3, 0.4) is 0 Å². The fraction of sp³-hybridized carbons (Fsp3) is 0.364. The predicted molar refractivity (Wildman–Crippen MR) is 58.3 cm³/mol. The molecule has 0 spiro atoms. The van der Waals surface area contributed by atoms with Gasteiger partial charge in [0.2, 0.25) is 0 Å². The van der Waals surface area contributed by atoms with E-state index in [-0.39, 0.29) is 5.91 Å². The van der Waals surface area contributed by atoms with E-state index in [1.807, 2.05) is 18.2 Å². The number of hydrazine groups is 1. The minimum absolute atomic E-state index is 0.118. The molecule has 0 bridgehead atoms. The molecule has 0 unspecified atom stereocenters. The summed E-state index contributed by atoms with van der Waals surface area (Å²) in [5.41, 5.74) is 4.23. The lowest BCUT2D eigenvalue weighted by Gasteiger charge is -2.13. The van der Waals surface area contributed by atoms with Crippen LogP contribution in [-0.2, 0) is 11.3 Å². The van der Waals surface area contributed by atoms with E-state index in [1.165, 1.54) is 0 Å². The highest BCUT2D eigenvalue weighted by Crippen LogP contribution is 2.09. The molecule has 1 rings (SSSR count). The van der Waals surface area contributed by atoms with Crippen molar-refractivity contribution in [3.8, 4) is 0 Å². The van der Waals surface area contributed by atoms with Crippen molar-refractivity contribution in [2.75, 3.05) is 21.2 Å². The number of ether oxygens (including phenoxy) is 1. The summed E-state index contributed by atoms with van der Waals surface area (Å²) >= 11 is 0. The van der Waals surface area contributed by atoms with E-state index < -0.39 is 0 Å². The van der Waals surface area contributed by atoms with Crippen LogP contribution in [0.15, 0.2) is 24.3 Å². The summed E-state index contributed by atoms with van der Waals surface area (Å²) in [6.45, 7) is 0.441. The molecule has 0 atom stereocenters. The van der Waals surface area contributed by atoms with Gasteiger partial charge in [0.25, 0.3) is 5.91 Å². The summed E-state index contributed by atoms with van der Waals surface area (Å²) in [4.78, 5) is 11.7. The molecule has 0 radical (unpaired) electrons. The van der Waals surface area contributed by atoms with Crippen molar-refractivity contribution < 1.29 is 9.53 Å². The highest BCUT2D eigenvalue weighted by molar-refractivity contribution is 5.95. The first-order chi connectivity index (χ1) is 7.15. The summed E-state index contributed by atoms with van der Waals surface area (Å²) in [5, 5.41) is 1.62. The number of carbonyl (C=O) groups is 1. The Morgan fingerprint density at radius 2 is 2.07 bits per heavy atom. The van der Waals surface area contributed by atoms with E-state index in [0.717, 1.165) is 5.56 Å². The standard InChI is InChI=1S/C11H16N2O2/c1-13(2)12-11(14)10-7-5-4-6-9(10)8-15-3/h4-7H,8H2,1-3H3,(H,12,14). The Morgan fingerprint density at radius 3 is 2.67 bits per heavy atom. The number of methoxy groups -OCH3 is 1. The molecule has 0 aliphatic rings. The fourth-order valence-corrected chi connectivity index (χ4v) is 1.29. The molecule has 1 amide bonds. The van der Waals surface area contributed by atoms with Gasteiger partial charge in [-0.1, -0.05) is 18.2 Å². The molecule has 0 aliphatic heterocycles. The van der Waals surface area contributed by atoms with Crippen molar-refractivity contribution in [2.45, 2.75) is 6.61 Å². The van der Waals surface area contributed by atoms with Crippen LogP contribution < -0.4 is 5.43 Å². The third kappa shape index (κ3) is 3.34. The minimum atomic E-state index is -0.118. The Hall–Kier alpha value is -1.39. The highest BCUT2D eigenvalue weighted by Gasteiger charge is 2.10.